The molecular weight excluding hydrogens is 222 g/mol. The first-order chi connectivity index (χ1) is 6.50. The van der Waals surface area contributed by atoms with Crippen LogP contribution in [-0.4, -0.2) is 54.5 Å². The number of rotatable bonds is 5. The molecule has 0 aromatic heterocycles. The van der Waals surface area contributed by atoms with Gasteiger partial charge in [0.2, 0.25) is 0 Å². The van der Waals surface area contributed by atoms with Crippen molar-refractivity contribution in [3.05, 3.63) is 12.7 Å². The summed E-state index contributed by atoms with van der Waals surface area (Å²) < 4.78 is 31.1. The van der Waals surface area contributed by atoms with Gasteiger partial charge in [-0.05, 0) is 0 Å². The first kappa shape index (κ1) is 14.1. The van der Waals surface area contributed by atoms with Gasteiger partial charge in [-0.15, -0.1) is 6.58 Å². The molecule has 7 heteroatoms. The second-order valence-electron chi connectivity index (χ2n) is 4.07. The standard InChI is InChI=1S/C8H15NO5S/c1-5-6-8(7(10)11,9(2,3)4)15(12,13)14/h5H,1,6H2,2-4H3,(H-,10,11,12,13,14)/p+1. The Kier molecular flexibility index (Phi) is 3.67. The summed E-state index contributed by atoms with van der Waals surface area (Å²) in [6, 6.07) is 0. The molecule has 0 spiro atoms. The Morgan fingerprint density at radius 2 is 1.87 bits per heavy atom. The molecule has 0 amide bonds. The lowest BCUT2D eigenvalue weighted by atomic mass is 10.1. The molecule has 88 valence electrons. The molecule has 6 nitrogen and oxygen atoms in total. The van der Waals surface area contributed by atoms with Gasteiger partial charge in [0.05, 0.1) is 21.1 Å². The fraction of sp³-hybridized carbons (Fsp3) is 0.625. The zero-order valence-corrected chi connectivity index (χ0v) is 9.78. The van der Waals surface area contributed by atoms with Crippen LogP contribution in [0.15, 0.2) is 12.7 Å². The lowest BCUT2D eigenvalue weighted by Gasteiger charge is -2.39. The van der Waals surface area contributed by atoms with Gasteiger partial charge in [0.25, 0.3) is 0 Å². The zero-order chi connectivity index (χ0) is 12.5. The van der Waals surface area contributed by atoms with E-state index in [1.165, 1.54) is 21.1 Å². The molecule has 0 bridgehead atoms. The van der Waals surface area contributed by atoms with Gasteiger partial charge in [-0.25, -0.2) is 4.79 Å². The highest BCUT2D eigenvalue weighted by Crippen LogP contribution is 2.29. The van der Waals surface area contributed by atoms with Crippen molar-refractivity contribution in [2.24, 2.45) is 0 Å². The summed E-state index contributed by atoms with van der Waals surface area (Å²) in [4.78, 5) is 8.79. The molecule has 0 saturated heterocycles. The molecule has 0 aromatic rings. The predicted molar refractivity (Wildman–Crippen MR) is 54.8 cm³/mol. The quantitative estimate of drug-likeness (QED) is 0.397. The lowest BCUT2D eigenvalue weighted by Crippen LogP contribution is -2.65. The van der Waals surface area contributed by atoms with E-state index < -0.39 is 25.4 Å². The van der Waals surface area contributed by atoms with Gasteiger partial charge in [0.15, 0.2) is 0 Å². The molecule has 0 heterocycles. The van der Waals surface area contributed by atoms with Gasteiger partial charge >= 0.3 is 21.0 Å². The topological polar surface area (TPSA) is 91.7 Å². The van der Waals surface area contributed by atoms with Crippen LogP contribution in [0.2, 0.25) is 0 Å². The summed E-state index contributed by atoms with van der Waals surface area (Å²) >= 11 is 0. The van der Waals surface area contributed by atoms with E-state index in [1.807, 2.05) is 0 Å². The smallest absolute Gasteiger partial charge is 0.385 e. The molecule has 0 aromatic carbocycles. The Labute approximate surface area is 89.2 Å². The van der Waals surface area contributed by atoms with Gasteiger partial charge in [0, 0.05) is 6.42 Å². The third kappa shape index (κ3) is 2.19. The van der Waals surface area contributed by atoms with Crippen LogP contribution in [0.3, 0.4) is 0 Å². The SMILES string of the molecule is C=CCC(C(=O)O)([N+](C)(C)C)S(=O)(=O)O. The molecule has 0 aliphatic heterocycles. The summed E-state index contributed by atoms with van der Waals surface area (Å²) in [6.07, 6.45) is 0.788. The van der Waals surface area contributed by atoms with Crippen LogP contribution in [0.5, 0.6) is 0 Å². The Morgan fingerprint density at radius 1 is 1.47 bits per heavy atom. The van der Waals surface area contributed by atoms with Crippen molar-refractivity contribution in [2.75, 3.05) is 21.1 Å². The van der Waals surface area contributed by atoms with E-state index in [2.05, 4.69) is 6.58 Å². The fourth-order valence-corrected chi connectivity index (χ4v) is 2.65. The normalized spacial score (nSPS) is 16.8. The van der Waals surface area contributed by atoms with Gasteiger partial charge in [-0.3, -0.25) is 4.55 Å². The van der Waals surface area contributed by atoms with E-state index in [1.54, 1.807) is 0 Å². The number of hydrogen-bond donors (Lipinski definition) is 2. The maximum absolute atomic E-state index is 11.2. The fourth-order valence-electron chi connectivity index (χ4n) is 1.41. The third-order valence-corrected chi connectivity index (χ3v) is 4.01. The highest BCUT2D eigenvalue weighted by atomic mass is 32.2. The van der Waals surface area contributed by atoms with Gasteiger partial charge < -0.3 is 9.59 Å². The van der Waals surface area contributed by atoms with Crippen LogP contribution in [0, 0.1) is 0 Å². The zero-order valence-electron chi connectivity index (χ0n) is 8.97. The van der Waals surface area contributed by atoms with Crippen LogP contribution < -0.4 is 0 Å². The van der Waals surface area contributed by atoms with E-state index in [-0.39, 0.29) is 6.42 Å². The largest absolute Gasteiger partial charge is 0.476 e. The van der Waals surface area contributed by atoms with Crippen molar-refractivity contribution in [3.63, 3.8) is 0 Å². The average molecular weight is 238 g/mol. The van der Waals surface area contributed by atoms with Crippen molar-refractivity contribution in [1.82, 2.24) is 0 Å². The highest BCUT2D eigenvalue weighted by molar-refractivity contribution is 7.87. The first-order valence-corrected chi connectivity index (χ1v) is 5.57. The molecular formula is C8H16NO5S+. The van der Waals surface area contributed by atoms with E-state index in [9.17, 15) is 13.2 Å². The van der Waals surface area contributed by atoms with Gasteiger partial charge in [-0.2, -0.15) is 8.42 Å². The van der Waals surface area contributed by atoms with E-state index in [0.717, 1.165) is 6.08 Å². The molecule has 1 unspecified atom stereocenters. The van der Waals surface area contributed by atoms with Crippen molar-refractivity contribution >= 4 is 16.1 Å². The highest BCUT2D eigenvalue weighted by Gasteiger charge is 2.60. The number of carbonyl (C=O) groups is 1. The lowest BCUT2D eigenvalue weighted by molar-refractivity contribution is -0.898. The average Bonchev–Trinajstić information content (AvgIpc) is 1.93. The second kappa shape index (κ2) is 3.92. The third-order valence-electron chi connectivity index (χ3n) is 2.27. The molecule has 0 radical (unpaired) electrons. The Bertz CT molecular complexity index is 367. The summed E-state index contributed by atoms with van der Waals surface area (Å²) in [5.74, 6) is -1.60. The molecule has 0 fully saturated rings. The number of quaternary nitrogens is 1. The molecule has 2 N–H and O–H groups in total. The Hall–Kier alpha value is -0.920. The van der Waals surface area contributed by atoms with Crippen molar-refractivity contribution < 1.29 is 27.4 Å². The van der Waals surface area contributed by atoms with Gasteiger partial charge in [-0.1, -0.05) is 6.08 Å². The van der Waals surface area contributed by atoms with E-state index >= 15 is 0 Å². The second-order valence-corrected chi connectivity index (χ2v) is 5.70. The molecule has 0 rings (SSSR count). The first-order valence-electron chi connectivity index (χ1n) is 4.13. The van der Waals surface area contributed by atoms with Crippen LogP contribution in [0.4, 0.5) is 0 Å². The van der Waals surface area contributed by atoms with Crippen LogP contribution in [0.25, 0.3) is 0 Å². The maximum atomic E-state index is 11.2. The molecule has 15 heavy (non-hydrogen) atoms. The van der Waals surface area contributed by atoms with Crippen molar-refractivity contribution in [2.45, 2.75) is 11.3 Å². The predicted octanol–water partition coefficient (Wildman–Crippen LogP) is -0.0626. The van der Waals surface area contributed by atoms with Crippen molar-refractivity contribution in [3.8, 4) is 0 Å². The number of nitrogens with zero attached hydrogens (tertiary/aromatic N) is 1. The summed E-state index contributed by atoms with van der Waals surface area (Å²) in [5.41, 5.74) is 0. The molecule has 1 atom stereocenters. The van der Waals surface area contributed by atoms with Crippen LogP contribution in [-0.2, 0) is 14.9 Å². The molecule has 0 aliphatic carbocycles. The minimum Gasteiger partial charge on any atom is -0.476 e. The summed E-state index contributed by atoms with van der Waals surface area (Å²) in [5, 5.41) is 9.02. The van der Waals surface area contributed by atoms with Crippen LogP contribution >= 0.6 is 0 Å². The molecule has 0 saturated carbocycles. The number of carboxylic acids is 1. The minimum atomic E-state index is -4.74. The van der Waals surface area contributed by atoms with Gasteiger partial charge in [0.1, 0.15) is 0 Å². The summed E-state index contributed by atoms with van der Waals surface area (Å²) in [7, 11) is -0.603. The maximum Gasteiger partial charge on any atom is 0.385 e. The number of hydrogen-bond acceptors (Lipinski definition) is 3. The van der Waals surface area contributed by atoms with E-state index in [4.69, 9.17) is 9.66 Å². The van der Waals surface area contributed by atoms with Crippen LogP contribution in [0.1, 0.15) is 6.42 Å². The number of aliphatic carboxylic acids is 1. The summed E-state index contributed by atoms with van der Waals surface area (Å²) in [6.45, 7) is 3.31. The number of carboxylic acid groups (broad SMARTS) is 1. The van der Waals surface area contributed by atoms with E-state index in [0.29, 0.717) is 0 Å². The molecule has 0 aliphatic rings. The minimum absolute atomic E-state index is 0.370. The Morgan fingerprint density at radius 3 is 1.93 bits per heavy atom. The Balaban J connectivity index is 5.95. The van der Waals surface area contributed by atoms with Crippen molar-refractivity contribution in [1.29, 1.82) is 0 Å². The number of likely N-dealkylation sites (N-methyl/N-ethyl adjacent to an activating group) is 1. The monoisotopic (exact) mass is 238 g/mol.